The first-order valence-corrected chi connectivity index (χ1v) is 6.15. The van der Waals surface area contributed by atoms with Gasteiger partial charge in [-0.3, -0.25) is 9.79 Å². The first kappa shape index (κ1) is 14.6. The molecule has 0 saturated heterocycles. The van der Waals surface area contributed by atoms with Crippen LogP contribution >= 0.6 is 0 Å². The molecule has 1 amide bonds. The van der Waals surface area contributed by atoms with Gasteiger partial charge in [-0.1, -0.05) is 18.2 Å². The van der Waals surface area contributed by atoms with Crippen LogP contribution in [0.4, 0.5) is 5.69 Å². The average molecular weight is 442 g/mol. The van der Waals surface area contributed by atoms with Gasteiger partial charge in [0, 0.05) is 33.7 Å². The van der Waals surface area contributed by atoms with Gasteiger partial charge < -0.3 is 4.90 Å². The number of carbonyl (C=O) groups excluding carboxylic acids is 1. The van der Waals surface area contributed by atoms with Gasteiger partial charge in [0.25, 0.3) is 0 Å². The summed E-state index contributed by atoms with van der Waals surface area (Å²) >= 11 is 0. The Morgan fingerprint density at radius 1 is 1.15 bits per heavy atom. The molecule has 103 valence electrons. The second-order valence-electron chi connectivity index (χ2n) is 4.53. The molecule has 2 aromatic rings. The van der Waals surface area contributed by atoms with Crippen molar-refractivity contribution in [2.24, 2.45) is 4.99 Å². The molecule has 3 nitrogen and oxygen atoms in total. The molecule has 0 N–H and O–H groups in total. The largest absolute Gasteiger partial charge is 0.344 e. The van der Waals surface area contributed by atoms with E-state index >= 15 is 0 Å². The summed E-state index contributed by atoms with van der Waals surface area (Å²) in [7, 11) is 1.79. The first-order chi connectivity index (χ1) is 9.25. The molecule has 0 aromatic heterocycles. The van der Waals surface area contributed by atoms with Crippen LogP contribution in [-0.4, -0.2) is 23.6 Å². The van der Waals surface area contributed by atoms with Crippen LogP contribution < -0.4 is 0 Å². The Balaban J connectivity index is 0.00000147. The van der Waals surface area contributed by atoms with Gasteiger partial charge in [0.15, 0.2) is 0 Å². The molecule has 1 aliphatic heterocycles. The number of fused-ring (bicyclic) bond motifs is 1. The van der Waals surface area contributed by atoms with Crippen molar-refractivity contribution in [2.45, 2.75) is 6.54 Å². The van der Waals surface area contributed by atoms with Crippen LogP contribution in [0.5, 0.6) is 0 Å². The predicted molar refractivity (Wildman–Crippen MR) is 74.4 cm³/mol. The minimum atomic E-state index is -0.0707. The molecule has 0 unspecified atom stereocenters. The van der Waals surface area contributed by atoms with E-state index in [-0.39, 0.29) is 26.0 Å². The fourth-order valence-corrected chi connectivity index (χ4v) is 2.15. The molecule has 0 spiro atoms. The van der Waals surface area contributed by atoms with E-state index in [9.17, 15) is 4.79 Å². The van der Waals surface area contributed by atoms with E-state index in [1.54, 1.807) is 18.0 Å². The monoisotopic (exact) mass is 442 g/mol. The zero-order valence-electron chi connectivity index (χ0n) is 11.0. The van der Waals surface area contributed by atoms with Gasteiger partial charge in [-0.15, -0.1) is 35.9 Å². The van der Waals surface area contributed by atoms with E-state index in [2.05, 4.69) is 11.1 Å². The predicted octanol–water partition coefficient (Wildman–Crippen LogP) is 2.58. The summed E-state index contributed by atoms with van der Waals surface area (Å²) in [6.45, 7) is 0.578. The molecule has 1 heterocycles. The molecule has 1 radical (unpaired) electrons. The maximum atomic E-state index is 12.4. The van der Waals surface area contributed by atoms with E-state index in [0.29, 0.717) is 12.3 Å². The van der Waals surface area contributed by atoms with Crippen LogP contribution in [0.15, 0.2) is 53.5 Å². The van der Waals surface area contributed by atoms with Crippen molar-refractivity contribution in [3.8, 4) is 0 Å². The van der Waals surface area contributed by atoms with Crippen LogP contribution in [0.2, 0.25) is 0 Å². The van der Waals surface area contributed by atoms with Crippen LogP contribution in [0.3, 0.4) is 0 Å². The standard InChI is InChI=1S/C16H13N2O.Ir/c1-18-11-13-9-5-6-10-14(13)17-15(16(18)19)12-7-3-2-4-8-12;/h2-7,9-10H,11H2,1H3;/q-1;. The van der Waals surface area contributed by atoms with E-state index in [0.717, 1.165) is 16.8 Å². The molecule has 3 rings (SSSR count). The Hall–Kier alpha value is -1.77. The van der Waals surface area contributed by atoms with Crippen LogP contribution in [-0.2, 0) is 31.4 Å². The fraction of sp³-hybridized carbons (Fsp3) is 0.125. The number of nitrogens with zero attached hydrogens (tertiary/aromatic N) is 2. The van der Waals surface area contributed by atoms with Crippen molar-refractivity contribution in [3.05, 3.63) is 65.7 Å². The maximum Gasteiger partial charge on any atom is 0.230 e. The molecule has 1 aliphatic rings. The topological polar surface area (TPSA) is 32.7 Å². The van der Waals surface area contributed by atoms with Crippen molar-refractivity contribution in [1.29, 1.82) is 0 Å². The summed E-state index contributed by atoms with van der Waals surface area (Å²) in [5, 5.41) is 0. The Labute approximate surface area is 131 Å². The molecule has 0 fully saturated rings. The molecular weight excluding hydrogens is 428 g/mol. The van der Waals surface area contributed by atoms with E-state index in [1.165, 1.54) is 0 Å². The Kier molecular flexibility index (Phi) is 4.48. The summed E-state index contributed by atoms with van der Waals surface area (Å²) in [6.07, 6.45) is 0. The summed E-state index contributed by atoms with van der Waals surface area (Å²) in [4.78, 5) is 18.6. The third-order valence-electron chi connectivity index (χ3n) is 3.14. The molecular formula is C16H13IrN2O-. The Bertz CT molecular complexity index is 653. The SMILES string of the molecule is CN1Cc2ccccc2N=C(c2[c-]cccc2)C1=O.[Ir]. The number of aliphatic imine (C=N–C) groups is 1. The van der Waals surface area contributed by atoms with E-state index in [4.69, 9.17) is 0 Å². The van der Waals surface area contributed by atoms with Crippen molar-refractivity contribution in [2.75, 3.05) is 7.05 Å². The maximum absolute atomic E-state index is 12.4. The summed E-state index contributed by atoms with van der Waals surface area (Å²) in [5.41, 5.74) is 3.10. The zero-order valence-corrected chi connectivity index (χ0v) is 13.4. The number of amides is 1. The van der Waals surface area contributed by atoms with Gasteiger partial charge in [-0.25, -0.2) is 0 Å². The third kappa shape index (κ3) is 2.72. The number of hydrogen-bond donors (Lipinski definition) is 0. The Morgan fingerprint density at radius 2 is 1.90 bits per heavy atom. The summed E-state index contributed by atoms with van der Waals surface area (Å²) in [6, 6.07) is 18.3. The Morgan fingerprint density at radius 3 is 2.65 bits per heavy atom. The molecule has 20 heavy (non-hydrogen) atoms. The second-order valence-corrected chi connectivity index (χ2v) is 4.53. The number of para-hydroxylation sites is 1. The normalized spacial score (nSPS) is 13.9. The molecule has 0 saturated carbocycles. The smallest absolute Gasteiger partial charge is 0.230 e. The van der Waals surface area contributed by atoms with Gasteiger partial charge in [0.05, 0.1) is 11.4 Å². The van der Waals surface area contributed by atoms with Crippen LogP contribution in [0.1, 0.15) is 11.1 Å². The first-order valence-electron chi connectivity index (χ1n) is 6.15. The fourth-order valence-electron chi connectivity index (χ4n) is 2.15. The van der Waals surface area contributed by atoms with Gasteiger partial charge in [-0.2, -0.15) is 0 Å². The third-order valence-corrected chi connectivity index (χ3v) is 3.14. The summed E-state index contributed by atoms with van der Waals surface area (Å²) in [5.74, 6) is -0.0707. The number of carbonyl (C=O) groups is 1. The average Bonchev–Trinajstić information content (AvgIpc) is 2.58. The number of hydrogen-bond acceptors (Lipinski definition) is 2. The molecule has 0 aliphatic carbocycles. The van der Waals surface area contributed by atoms with E-state index < -0.39 is 0 Å². The van der Waals surface area contributed by atoms with Gasteiger partial charge in [0.2, 0.25) is 5.91 Å². The van der Waals surface area contributed by atoms with Crippen molar-refractivity contribution >= 4 is 17.3 Å². The van der Waals surface area contributed by atoms with Crippen molar-refractivity contribution < 1.29 is 24.9 Å². The minimum absolute atomic E-state index is 0. The van der Waals surface area contributed by atoms with Crippen LogP contribution in [0, 0.1) is 6.07 Å². The molecule has 2 aromatic carbocycles. The molecule has 0 bridgehead atoms. The minimum Gasteiger partial charge on any atom is -0.344 e. The van der Waals surface area contributed by atoms with Crippen molar-refractivity contribution in [3.63, 3.8) is 0 Å². The number of likely N-dealkylation sites (N-methyl/N-ethyl adjacent to an activating group) is 1. The molecule has 0 atom stereocenters. The van der Waals surface area contributed by atoms with E-state index in [1.807, 2.05) is 42.5 Å². The molecule has 4 heteroatoms. The van der Waals surface area contributed by atoms with Gasteiger partial charge in [0.1, 0.15) is 0 Å². The second kappa shape index (κ2) is 6.12. The summed E-state index contributed by atoms with van der Waals surface area (Å²) < 4.78 is 0. The quantitative estimate of drug-likeness (QED) is 0.627. The van der Waals surface area contributed by atoms with Crippen LogP contribution in [0.25, 0.3) is 0 Å². The van der Waals surface area contributed by atoms with Gasteiger partial charge in [-0.05, 0) is 11.6 Å². The van der Waals surface area contributed by atoms with Gasteiger partial charge >= 0.3 is 0 Å². The van der Waals surface area contributed by atoms with Crippen molar-refractivity contribution in [1.82, 2.24) is 4.90 Å². The zero-order chi connectivity index (χ0) is 13.2. The number of rotatable bonds is 1. The number of benzene rings is 2.